The molecule has 20 heavy (non-hydrogen) atoms. The van der Waals surface area contributed by atoms with Crippen molar-refractivity contribution in [3.05, 3.63) is 22.2 Å². The Morgan fingerprint density at radius 3 is 2.35 bits per heavy atom. The van der Waals surface area contributed by atoms with Gasteiger partial charge in [0.25, 0.3) is 0 Å². The van der Waals surface area contributed by atoms with E-state index in [4.69, 9.17) is 26.8 Å². The Labute approximate surface area is 126 Å². The summed E-state index contributed by atoms with van der Waals surface area (Å²) < 4.78 is 10.9. The van der Waals surface area contributed by atoms with Gasteiger partial charge in [-0.2, -0.15) is 0 Å². The fourth-order valence-corrected chi connectivity index (χ4v) is 3.74. The van der Waals surface area contributed by atoms with Crippen molar-refractivity contribution in [3.63, 3.8) is 0 Å². The van der Waals surface area contributed by atoms with Crippen LogP contribution in [0.15, 0.2) is 6.07 Å². The lowest BCUT2D eigenvalue weighted by molar-refractivity contribution is 0.296. The summed E-state index contributed by atoms with van der Waals surface area (Å²) in [6.45, 7) is 2.10. The highest BCUT2D eigenvalue weighted by Crippen LogP contribution is 2.46. The van der Waals surface area contributed by atoms with Gasteiger partial charge in [0, 0.05) is 22.2 Å². The highest BCUT2D eigenvalue weighted by molar-refractivity contribution is 6.31. The predicted octanol–water partition coefficient (Wildman–Crippen LogP) is 4.04. The maximum atomic E-state index is 6.69. The van der Waals surface area contributed by atoms with E-state index < -0.39 is 0 Å². The zero-order chi connectivity index (χ0) is 14.8. The number of nitrogens with two attached hydrogens (primary N) is 1. The maximum absolute atomic E-state index is 6.69. The summed E-state index contributed by atoms with van der Waals surface area (Å²) in [7, 11) is 3.30. The standard InChI is InChI=1S/C16H24ClNO2/c1-4-11-14(16(18)8-6-5-7-9-16)12(17)10-13(19-2)15(11)20-3/h10H,4-9,18H2,1-3H3. The van der Waals surface area contributed by atoms with Crippen molar-refractivity contribution in [1.29, 1.82) is 0 Å². The second-order valence-electron chi connectivity index (χ2n) is 5.52. The summed E-state index contributed by atoms with van der Waals surface area (Å²) in [5.74, 6) is 1.45. The molecule has 4 heteroatoms. The van der Waals surface area contributed by atoms with Crippen LogP contribution >= 0.6 is 11.6 Å². The Morgan fingerprint density at radius 1 is 1.20 bits per heavy atom. The molecule has 0 aromatic heterocycles. The lowest BCUT2D eigenvalue weighted by Gasteiger charge is -2.36. The number of rotatable bonds is 4. The Kier molecular flexibility index (Phi) is 4.82. The molecule has 1 saturated carbocycles. The Bertz CT molecular complexity index is 482. The van der Waals surface area contributed by atoms with Gasteiger partial charge in [-0.3, -0.25) is 0 Å². The SMILES string of the molecule is CCc1c(OC)c(OC)cc(Cl)c1C1(N)CCCCC1. The maximum Gasteiger partial charge on any atom is 0.164 e. The smallest absolute Gasteiger partial charge is 0.164 e. The van der Waals surface area contributed by atoms with Crippen LogP contribution in [0.2, 0.25) is 5.02 Å². The molecule has 0 unspecified atom stereocenters. The Morgan fingerprint density at radius 2 is 1.85 bits per heavy atom. The van der Waals surface area contributed by atoms with Crippen LogP contribution in [0.3, 0.4) is 0 Å². The summed E-state index contributed by atoms with van der Waals surface area (Å²) in [5, 5.41) is 0.698. The fraction of sp³-hybridized carbons (Fsp3) is 0.625. The van der Waals surface area contributed by atoms with Gasteiger partial charge in [-0.1, -0.05) is 37.8 Å². The molecule has 0 bridgehead atoms. The minimum atomic E-state index is -0.333. The van der Waals surface area contributed by atoms with E-state index in [-0.39, 0.29) is 5.54 Å². The van der Waals surface area contributed by atoms with Crippen LogP contribution in [0.25, 0.3) is 0 Å². The van der Waals surface area contributed by atoms with E-state index in [0.717, 1.165) is 49.0 Å². The summed E-state index contributed by atoms with van der Waals surface area (Å²) in [6, 6.07) is 1.83. The van der Waals surface area contributed by atoms with Crippen LogP contribution in [-0.4, -0.2) is 14.2 Å². The first kappa shape index (κ1) is 15.5. The molecular weight excluding hydrogens is 274 g/mol. The van der Waals surface area contributed by atoms with Crippen LogP contribution in [-0.2, 0) is 12.0 Å². The molecule has 0 radical (unpaired) electrons. The van der Waals surface area contributed by atoms with Gasteiger partial charge in [0.15, 0.2) is 11.5 Å². The second kappa shape index (κ2) is 6.23. The van der Waals surface area contributed by atoms with Gasteiger partial charge in [0.05, 0.1) is 14.2 Å². The molecule has 0 spiro atoms. The van der Waals surface area contributed by atoms with E-state index in [1.165, 1.54) is 6.42 Å². The summed E-state index contributed by atoms with van der Waals surface area (Å²) >= 11 is 6.53. The van der Waals surface area contributed by atoms with Crippen LogP contribution < -0.4 is 15.2 Å². The first-order valence-electron chi connectivity index (χ1n) is 7.30. The summed E-state index contributed by atoms with van der Waals surface area (Å²) in [5.41, 5.74) is 8.50. The number of methoxy groups -OCH3 is 2. The van der Waals surface area contributed by atoms with E-state index in [1.807, 2.05) is 6.07 Å². The topological polar surface area (TPSA) is 44.5 Å². The van der Waals surface area contributed by atoms with E-state index in [0.29, 0.717) is 10.8 Å². The minimum absolute atomic E-state index is 0.333. The zero-order valence-electron chi connectivity index (χ0n) is 12.6. The third-order valence-corrected chi connectivity index (χ3v) is 4.62. The molecule has 0 saturated heterocycles. The third kappa shape index (κ3) is 2.61. The molecule has 2 N–H and O–H groups in total. The average Bonchev–Trinajstić information content (AvgIpc) is 2.46. The minimum Gasteiger partial charge on any atom is -0.493 e. The molecule has 1 aliphatic rings. The van der Waals surface area contributed by atoms with Crippen molar-refractivity contribution in [2.24, 2.45) is 5.73 Å². The molecule has 3 nitrogen and oxygen atoms in total. The Balaban J connectivity index is 2.62. The highest BCUT2D eigenvalue weighted by atomic mass is 35.5. The van der Waals surface area contributed by atoms with Crippen molar-refractivity contribution in [1.82, 2.24) is 0 Å². The first-order valence-corrected chi connectivity index (χ1v) is 7.68. The van der Waals surface area contributed by atoms with Gasteiger partial charge < -0.3 is 15.2 Å². The van der Waals surface area contributed by atoms with Crippen molar-refractivity contribution >= 4 is 11.6 Å². The van der Waals surface area contributed by atoms with Gasteiger partial charge in [-0.25, -0.2) is 0 Å². The van der Waals surface area contributed by atoms with Gasteiger partial charge in [-0.15, -0.1) is 0 Å². The van der Waals surface area contributed by atoms with Gasteiger partial charge >= 0.3 is 0 Å². The quantitative estimate of drug-likeness (QED) is 0.912. The van der Waals surface area contributed by atoms with E-state index in [2.05, 4.69) is 6.92 Å². The molecule has 0 heterocycles. The lowest BCUT2D eigenvalue weighted by atomic mass is 9.75. The molecular formula is C16H24ClNO2. The predicted molar refractivity (Wildman–Crippen MR) is 82.9 cm³/mol. The van der Waals surface area contributed by atoms with E-state index in [1.54, 1.807) is 14.2 Å². The van der Waals surface area contributed by atoms with Crippen molar-refractivity contribution in [2.45, 2.75) is 51.0 Å². The third-order valence-electron chi connectivity index (χ3n) is 4.32. The average molecular weight is 298 g/mol. The van der Waals surface area contributed by atoms with Gasteiger partial charge in [0.2, 0.25) is 0 Å². The van der Waals surface area contributed by atoms with Crippen molar-refractivity contribution in [2.75, 3.05) is 14.2 Å². The normalized spacial score (nSPS) is 17.9. The van der Waals surface area contributed by atoms with Crippen molar-refractivity contribution < 1.29 is 9.47 Å². The number of hydrogen-bond acceptors (Lipinski definition) is 3. The molecule has 1 aromatic rings. The number of ether oxygens (including phenoxy) is 2. The van der Waals surface area contributed by atoms with E-state index in [9.17, 15) is 0 Å². The van der Waals surface area contributed by atoms with Crippen LogP contribution in [0.1, 0.15) is 50.2 Å². The van der Waals surface area contributed by atoms with Gasteiger partial charge in [0.1, 0.15) is 0 Å². The molecule has 0 aliphatic heterocycles. The number of hydrogen-bond donors (Lipinski definition) is 1. The zero-order valence-corrected chi connectivity index (χ0v) is 13.3. The molecule has 1 fully saturated rings. The molecule has 1 aromatic carbocycles. The van der Waals surface area contributed by atoms with E-state index >= 15 is 0 Å². The molecule has 2 rings (SSSR count). The molecule has 112 valence electrons. The monoisotopic (exact) mass is 297 g/mol. The highest BCUT2D eigenvalue weighted by Gasteiger charge is 2.35. The summed E-state index contributed by atoms with van der Waals surface area (Å²) in [6.07, 6.45) is 6.36. The van der Waals surface area contributed by atoms with Crippen LogP contribution in [0.5, 0.6) is 11.5 Å². The largest absolute Gasteiger partial charge is 0.493 e. The second-order valence-corrected chi connectivity index (χ2v) is 5.93. The first-order chi connectivity index (χ1) is 9.57. The fourth-order valence-electron chi connectivity index (χ4n) is 3.34. The van der Waals surface area contributed by atoms with Crippen LogP contribution in [0.4, 0.5) is 0 Å². The lowest BCUT2D eigenvalue weighted by Crippen LogP contribution is -2.40. The Hall–Kier alpha value is -0.930. The molecule has 1 aliphatic carbocycles. The number of benzene rings is 1. The summed E-state index contributed by atoms with van der Waals surface area (Å²) in [4.78, 5) is 0. The molecule has 0 atom stereocenters. The van der Waals surface area contributed by atoms with Crippen LogP contribution in [0, 0.1) is 0 Å². The molecule has 0 amide bonds. The van der Waals surface area contributed by atoms with Crippen molar-refractivity contribution in [3.8, 4) is 11.5 Å². The van der Waals surface area contributed by atoms with Gasteiger partial charge in [-0.05, 0) is 24.8 Å². The number of halogens is 1.